The lowest BCUT2D eigenvalue weighted by molar-refractivity contribution is -0.122. The van der Waals surface area contributed by atoms with Crippen molar-refractivity contribution in [1.82, 2.24) is 0 Å². The van der Waals surface area contributed by atoms with E-state index in [1.165, 1.54) is 0 Å². The Labute approximate surface area is 123 Å². The maximum Gasteiger partial charge on any atom is 0.248 e. The van der Waals surface area contributed by atoms with Crippen LogP contribution in [0.4, 0.5) is 5.69 Å². The van der Waals surface area contributed by atoms with E-state index in [0.717, 1.165) is 11.3 Å². The van der Waals surface area contributed by atoms with Crippen molar-refractivity contribution in [1.29, 1.82) is 0 Å². The highest BCUT2D eigenvalue weighted by Crippen LogP contribution is 2.32. The summed E-state index contributed by atoms with van der Waals surface area (Å²) >= 11 is 6.13. The van der Waals surface area contributed by atoms with E-state index < -0.39 is 5.38 Å². The molecule has 1 heterocycles. The molecule has 100 valence electrons. The van der Waals surface area contributed by atoms with Gasteiger partial charge in [-0.15, -0.1) is 11.6 Å². The normalized spacial score (nSPS) is 22.1. The molecule has 0 unspecified atom stereocenters. The lowest BCUT2D eigenvalue weighted by atomic mass is 9.98. The summed E-state index contributed by atoms with van der Waals surface area (Å²) in [5, 5.41) is -0.477. The molecule has 0 saturated carbocycles. The Morgan fingerprint density at radius 3 is 2.20 bits per heavy atom. The monoisotopic (exact) mass is 283 g/mol. The topological polar surface area (TPSA) is 20.3 Å². The Morgan fingerprint density at radius 1 is 0.950 bits per heavy atom. The number of para-hydroxylation sites is 1. The van der Waals surface area contributed by atoms with E-state index in [9.17, 15) is 4.79 Å². The van der Waals surface area contributed by atoms with E-state index in [1.54, 1.807) is 4.90 Å². The maximum absolute atomic E-state index is 11.9. The molecule has 2 atom stereocenters. The molecule has 0 spiro atoms. The zero-order chi connectivity index (χ0) is 13.9. The number of alkyl halides is 1. The van der Waals surface area contributed by atoms with Crippen LogP contribution in [0, 0.1) is 0 Å². The number of carbonyl (C=O) groups excluding carboxylic acids is 1. The van der Waals surface area contributed by atoms with Crippen LogP contribution in [0.25, 0.3) is 6.08 Å². The van der Waals surface area contributed by atoms with Gasteiger partial charge in [0.2, 0.25) is 5.91 Å². The Morgan fingerprint density at radius 2 is 1.55 bits per heavy atom. The first-order chi connectivity index (χ1) is 9.77. The smallest absolute Gasteiger partial charge is 0.248 e. The van der Waals surface area contributed by atoms with E-state index in [0.29, 0.717) is 0 Å². The fourth-order valence-electron chi connectivity index (χ4n) is 2.32. The standard InChI is InChI=1S/C17H14ClNO/c18-16-15(12-11-13-7-3-1-4-8-13)19(17(16)20)14-9-5-2-6-10-14/h1-12,15-16H/b12-11+/t15-,16-/m1/s1. The van der Waals surface area contributed by atoms with Gasteiger partial charge >= 0.3 is 0 Å². The first kappa shape index (κ1) is 12.9. The van der Waals surface area contributed by atoms with Crippen molar-refractivity contribution in [2.24, 2.45) is 0 Å². The predicted molar refractivity (Wildman–Crippen MR) is 82.8 cm³/mol. The van der Waals surface area contributed by atoms with Gasteiger partial charge in [-0.3, -0.25) is 4.79 Å². The molecule has 0 aliphatic carbocycles. The number of carbonyl (C=O) groups is 1. The third kappa shape index (κ3) is 2.35. The molecule has 1 amide bonds. The van der Waals surface area contributed by atoms with Crippen LogP contribution in [0.15, 0.2) is 66.7 Å². The second-order valence-corrected chi connectivity index (χ2v) is 5.18. The average molecular weight is 284 g/mol. The maximum atomic E-state index is 11.9. The fourth-order valence-corrected chi connectivity index (χ4v) is 2.62. The lowest BCUT2D eigenvalue weighted by Gasteiger charge is -2.42. The Hall–Kier alpha value is -2.06. The summed E-state index contributed by atoms with van der Waals surface area (Å²) in [4.78, 5) is 13.7. The summed E-state index contributed by atoms with van der Waals surface area (Å²) < 4.78 is 0. The highest BCUT2D eigenvalue weighted by molar-refractivity contribution is 6.37. The summed E-state index contributed by atoms with van der Waals surface area (Å²) in [5.41, 5.74) is 1.99. The fraction of sp³-hybridized carbons (Fsp3) is 0.118. The molecule has 0 radical (unpaired) electrons. The SMILES string of the molecule is O=C1[C@H](Cl)[C@@H](/C=C/c2ccccc2)N1c1ccccc1. The van der Waals surface area contributed by atoms with Crippen LogP contribution in [-0.2, 0) is 4.79 Å². The number of hydrogen-bond donors (Lipinski definition) is 0. The third-order valence-electron chi connectivity index (χ3n) is 3.39. The van der Waals surface area contributed by atoms with Crippen molar-refractivity contribution in [3.8, 4) is 0 Å². The second-order valence-electron chi connectivity index (χ2n) is 4.71. The van der Waals surface area contributed by atoms with Gasteiger partial charge in [-0.2, -0.15) is 0 Å². The molecule has 2 nitrogen and oxygen atoms in total. The molecule has 1 aliphatic rings. The molecule has 3 heteroatoms. The molecule has 1 saturated heterocycles. The van der Waals surface area contributed by atoms with E-state index >= 15 is 0 Å². The van der Waals surface area contributed by atoms with Crippen LogP contribution in [0.2, 0.25) is 0 Å². The molecule has 20 heavy (non-hydrogen) atoms. The summed E-state index contributed by atoms with van der Waals surface area (Å²) in [6.45, 7) is 0. The molecule has 1 fully saturated rings. The van der Waals surface area contributed by atoms with Gasteiger partial charge in [-0.25, -0.2) is 0 Å². The van der Waals surface area contributed by atoms with Crippen LogP contribution >= 0.6 is 11.6 Å². The van der Waals surface area contributed by atoms with Gasteiger partial charge in [-0.1, -0.05) is 60.7 Å². The number of amides is 1. The lowest BCUT2D eigenvalue weighted by Crippen LogP contribution is -2.61. The van der Waals surface area contributed by atoms with Gasteiger partial charge in [0.15, 0.2) is 0 Å². The van der Waals surface area contributed by atoms with Crippen molar-refractivity contribution < 1.29 is 4.79 Å². The van der Waals surface area contributed by atoms with E-state index in [2.05, 4.69) is 0 Å². The zero-order valence-corrected chi connectivity index (χ0v) is 11.6. The highest BCUT2D eigenvalue weighted by Gasteiger charge is 2.45. The zero-order valence-electron chi connectivity index (χ0n) is 10.8. The van der Waals surface area contributed by atoms with Gasteiger partial charge < -0.3 is 4.90 Å². The minimum atomic E-state index is -0.477. The third-order valence-corrected chi connectivity index (χ3v) is 3.84. The summed E-state index contributed by atoms with van der Waals surface area (Å²) in [6, 6.07) is 19.5. The van der Waals surface area contributed by atoms with Gasteiger partial charge in [-0.05, 0) is 17.7 Å². The number of anilines is 1. The van der Waals surface area contributed by atoms with E-state index in [-0.39, 0.29) is 11.9 Å². The van der Waals surface area contributed by atoms with Crippen molar-refractivity contribution in [3.63, 3.8) is 0 Å². The number of hydrogen-bond acceptors (Lipinski definition) is 1. The molecule has 0 bridgehead atoms. The van der Waals surface area contributed by atoms with Crippen molar-refractivity contribution in [2.45, 2.75) is 11.4 Å². The van der Waals surface area contributed by atoms with E-state index in [1.807, 2.05) is 72.8 Å². The predicted octanol–water partition coefficient (Wildman–Crippen LogP) is 3.72. The molecule has 2 aromatic rings. The summed E-state index contributed by atoms with van der Waals surface area (Å²) in [6.07, 6.45) is 3.99. The minimum Gasteiger partial charge on any atom is -0.302 e. The largest absolute Gasteiger partial charge is 0.302 e. The summed E-state index contributed by atoms with van der Waals surface area (Å²) in [5.74, 6) is -0.0411. The first-order valence-corrected chi connectivity index (χ1v) is 6.96. The van der Waals surface area contributed by atoms with Crippen LogP contribution in [0.1, 0.15) is 5.56 Å². The molecule has 0 aromatic heterocycles. The van der Waals surface area contributed by atoms with Crippen molar-refractivity contribution >= 4 is 29.3 Å². The Kier molecular flexibility index (Phi) is 3.57. The summed E-state index contributed by atoms with van der Waals surface area (Å²) in [7, 11) is 0. The molecular formula is C17H14ClNO. The van der Waals surface area contributed by atoms with Gasteiger partial charge in [0.05, 0.1) is 6.04 Å². The number of halogens is 1. The van der Waals surface area contributed by atoms with Gasteiger partial charge in [0.1, 0.15) is 5.38 Å². The van der Waals surface area contributed by atoms with Gasteiger partial charge in [0, 0.05) is 5.69 Å². The number of β-lactam (4-membered cyclic amide) rings is 1. The van der Waals surface area contributed by atoms with Gasteiger partial charge in [0.25, 0.3) is 0 Å². The van der Waals surface area contributed by atoms with Crippen LogP contribution in [0.5, 0.6) is 0 Å². The van der Waals surface area contributed by atoms with Crippen LogP contribution < -0.4 is 4.90 Å². The molecule has 2 aromatic carbocycles. The second kappa shape index (κ2) is 5.51. The number of rotatable bonds is 3. The highest BCUT2D eigenvalue weighted by atomic mass is 35.5. The van der Waals surface area contributed by atoms with Crippen molar-refractivity contribution in [2.75, 3.05) is 4.90 Å². The quantitative estimate of drug-likeness (QED) is 0.621. The Balaban J connectivity index is 1.82. The van der Waals surface area contributed by atoms with Crippen LogP contribution in [-0.4, -0.2) is 17.3 Å². The average Bonchev–Trinajstić information content (AvgIpc) is 2.52. The number of benzene rings is 2. The number of nitrogens with zero attached hydrogens (tertiary/aromatic N) is 1. The molecular weight excluding hydrogens is 270 g/mol. The molecule has 0 N–H and O–H groups in total. The molecule has 3 rings (SSSR count). The minimum absolute atomic E-state index is 0.0411. The van der Waals surface area contributed by atoms with Crippen molar-refractivity contribution in [3.05, 3.63) is 72.3 Å². The van der Waals surface area contributed by atoms with E-state index in [4.69, 9.17) is 11.6 Å². The van der Waals surface area contributed by atoms with Crippen LogP contribution in [0.3, 0.4) is 0 Å². The molecule has 1 aliphatic heterocycles. The first-order valence-electron chi connectivity index (χ1n) is 6.53. The Bertz CT molecular complexity index is 624.